The van der Waals surface area contributed by atoms with Gasteiger partial charge < -0.3 is 25.1 Å². The van der Waals surface area contributed by atoms with Gasteiger partial charge in [-0.2, -0.15) is 0 Å². The average molecular weight is 561 g/mol. The third kappa shape index (κ3) is 5.36. The summed E-state index contributed by atoms with van der Waals surface area (Å²) in [4.78, 5) is 30.1. The Morgan fingerprint density at radius 1 is 1.10 bits per heavy atom. The molecule has 0 radical (unpaired) electrons. The molecule has 0 aliphatic carbocycles. The summed E-state index contributed by atoms with van der Waals surface area (Å²) >= 11 is 12.4. The van der Waals surface area contributed by atoms with Crippen molar-refractivity contribution < 1.29 is 19.1 Å². The van der Waals surface area contributed by atoms with Gasteiger partial charge in [0.05, 0.1) is 28.0 Å². The van der Waals surface area contributed by atoms with E-state index in [1.165, 1.54) is 6.07 Å². The van der Waals surface area contributed by atoms with Crippen LogP contribution in [0.4, 0.5) is 11.4 Å². The first-order valence-corrected chi connectivity index (χ1v) is 13.1. The zero-order chi connectivity index (χ0) is 27.7. The highest BCUT2D eigenvalue weighted by atomic mass is 35.5. The van der Waals surface area contributed by atoms with E-state index in [0.717, 1.165) is 5.69 Å². The zero-order valence-corrected chi connectivity index (χ0v) is 22.7. The van der Waals surface area contributed by atoms with E-state index in [-0.39, 0.29) is 23.4 Å². The number of halogens is 1. The molecule has 1 saturated heterocycles. The monoisotopic (exact) mass is 560 g/mol. The molecule has 8 nitrogen and oxygen atoms in total. The number of benzene rings is 2. The van der Waals surface area contributed by atoms with E-state index < -0.39 is 12.0 Å². The lowest BCUT2D eigenvalue weighted by Crippen LogP contribution is -2.29. The van der Waals surface area contributed by atoms with Crippen molar-refractivity contribution in [3.63, 3.8) is 0 Å². The van der Waals surface area contributed by atoms with Crippen molar-refractivity contribution in [2.75, 3.05) is 10.2 Å². The third-order valence-corrected chi connectivity index (χ3v) is 7.05. The minimum Gasteiger partial charge on any atom is -0.478 e. The summed E-state index contributed by atoms with van der Waals surface area (Å²) in [5, 5.41) is 16.4. The van der Waals surface area contributed by atoms with Crippen LogP contribution >= 0.6 is 23.8 Å². The van der Waals surface area contributed by atoms with E-state index in [0.29, 0.717) is 38.6 Å². The molecule has 3 heterocycles. The van der Waals surface area contributed by atoms with Gasteiger partial charge in [-0.3, -0.25) is 9.78 Å². The highest BCUT2D eigenvalue weighted by Crippen LogP contribution is 2.44. The molecule has 10 heteroatoms. The van der Waals surface area contributed by atoms with Gasteiger partial charge in [-0.05, 0) is 66.8 Å². The summed E-state index contributed by atoms with van der Waals surface area (Å²) in [6, 6.07) is 20.4. The summed E-state index contributed by atoms with van der Waals surface area (Å²) < 4.78 is 6.32. The van der Waals surface area contributed by atoms with Gasteiger partial charge in [0.15, 0.2) is 5.11 Å². The first-order chi connectivity index (χ1) is 18.7. The fourth-order valence-corrected chi connectivity index (χ4v) is 4.99. The van der Waals surface area contributed by atoms with E-state index in [1.807, 2.05) is 55.1 Å². The number of furan rings is 1. The predicted molar refractivity (Wildman–Crippen MR) is 154 cm³/mol. The molecule has 1 aliphatic heterocycles. The number of carbonyl (C=O) groups excluding carboxylic acids is 1. The van der Waals surface area contributed by atoms with Gasteiger partial charge in [0.25, 0.3) is 0 Å². The van der Waals surface area contributed by atoms with Crippen LogP contribution in [-0.2, 0) is 4.79 Å². The van der Waals surface area contributed by atoms with E-state index >= 15 is 0 Å². The molecule has 1 amide bonds. The Morgan fingerprint density at radius 3 is 2.62 bits per heavy atom. The number of thiocarbonyl (C=S) groups is 1. The molecule has 198 valence electrons. The van der Waals surface area contributed by atoms with Crippen LogP contribution < -0.4 is 15.5 Å². The van der Waals surface area contributed by atoms with Gasteiger partial charge in [-0.25, -0.2) is 4.79 Å². The number of aromatic nitrogens is 1. The van der Waals surface area contributed by atoms with Gasteiger partial charge in [0.1, 0.15) is 17.6 Å². The van der Waals surface area contributed by atoms with Crippen LogP contribution in [-0.4, -0.2) is 27.1 Å². The number of hydrogen-bond donors (Lipinski definition) is 3. The molecule has 0 spiro atoms. The Labute approximate surface area is 235 Å². The lowest BCUT2D eigenvalue weighted by molar-refractivity contribution is -0.118. The highest BCUT2D eigenvalue weighted by Gasteiger charge is 2.42. The molecule has 0 bridgehead atoms. The molecule has 2 aromatic heterocycles. The fourth-order valence-electron chi connectivity index (χ4n) is 4.43. The van der Waals surface area contributed by atoms with Crippen LogP contribution in [0.1, 0.15) is 47.7 Å². The maximum atomic E-state index is 12.2. The normalized spacial score (nSPS) is 16.8. The summed E-state index contributed by atoms with van der Waals surface area (Å²) in [6.45, 7) is 3.62. The number of carboxylic acid groups (broad SMARTS) is 1. The van der Waals surface area contributed by atoms with Crippen molar-refractivity contribution >= 4 is 52.2 Å². The number of anilines is 2. The van der Waals surface area contributed by atoms with E-state index in [1.54, 1.807) is 36.5 Å². The molecule has 2 aromatic carbocycles. The predicted octanol–water partition coefficient (Wildman–Crippen LogP) is 6.46. The average Bonchev–Trinajstić information content (AvgIpc) is 3.55. The Hall–Kier alpha value is -4.21. The minimum absolute atomic E-state index is 0.133. The summed E-state index contributed by atoms with van der Waals surface area (Å²) in [7, 11) is 0. The van der Waals surface area contributed by atoms with Gasteiger partial charge in [-0.15, -0.1) is 0 Å². The molecule has 1 aliphatic rings. The van der Waals surface area contributed by atoms with Crippen molar-refractivity contribution in [3.05, 3.63) is 101 Å². The fraction of sp³-hybridized carbons (Fsp3) is 0.172. The maximum Gasteiger partial charge on any atom is 0.335 e. The number of aromatic carboxylic acids is 1. The van der Waals surface area contributed by atoms with Gasteiger partial charge in [-0.1, -0.05) is 43.6 Å². The third-order valence-electron chi connectivity index (χ3n) is 6.42. The summed E-state index contributed by atoms with van der Waals surface area (Å²) in [6.07, 6.45) is 1.72. The van der Waals surface area contributed by atoms with Crippen molar-refractivity contribution in [1.82, 2.24) is 10.3 Å². The van der Waals surface area contributed by atoms with Gasteiger partial charge in [0, 0.05) is 23.4 Å². The molecule has 4 aromatic rings. The minimum atomic E-state index is -1.01. The second kappa shape index (κ2) is 10.9. The Balaban J connectivity index is 1.55. The molecule has 39 heavy (non-hydrogen) atoms. The van der Waals surface area contributed by atoms with Crippen LogP contribution in [0.5, 0.6) is 0 Å². The second-order valence-electron chi connectivity index (χ2n) is 9.39. The SMILES string of the molecule is CC(C)C(=O)Nc1ccc(N2C(=S)NC(c3ccccn3)C2c2ccc(-c3cccc(C(=O)O)c3)o2)cc1Cl. The molecule has 1 fully saturated rings. The van der Waals surface area contributed by atoms with Gasteiger partial charge >= 0.3 is 5.97 Å². The summed E-state index contributed by atoms with van der Waals surface area (Å²) in [5.41, 5.74) is 2.79. The molecule has 0 saturated carbocycles. The van der Waals surface area contributed by atoms with Crippen LogP contribution in [0, 0.1) is 5.92 Å². The first-order valence-electron chi connectivity index (χ1n) is 12.3. The topological polar surface area (TPSA) is 108 Å². The highest BCUT2D eigenvalue weighted by molar-refractivity contribution is 7.80. The number of carboxylic acids is 1. The van der Waals surface area contributed by atoms with Crippen LogP contribution in [0.2, 0.25) is 5.02 Å². The standard InChI is InChI=1S/C29H25ClN4O4S/c1-16(2)27(35)32-21-10-9-19(15-20(21)30)34-26(25(33-29(34)39)22-8-3-4-13-31-22)24-12-11-23(38-24)17-6-5-7-18(14-17)28(36)37/h3-16,25-26H,1-2H3,(H,32,35)(H,33,39)(H,36,37). The van der Waals surface area contributed by atoms with Crippen molar-refractivity contribution in [1.29, 1.82) is 0 Å². The number of pyridine rings is 1. The molecule has 3 N–H and O–H groups in total. The van der Waals surface area contributed by atoms with Crippen molar-refractivity contribution in [2.24, 2.45) is 5.92 Å². The quantitative estimate of drug-likeness (QED) is 0.221. The van der Waals surface area contributed by atoms with E-state index in [9.17, 15) is 14.7 Å². The number of hydrogen-bond acceptors (Lipinski definition) is 5. The number of nitrogens with one attached hydrogen (secondary N) is 2. The first kappa shape index (κ1) is 26.4. The Morgan fingerprint density at radius 2 is 1.92 bits per heavy atom. The number of rotatable bonds is 7. The molecule has 2 atom stereocenters. The molecule has 5 rings (SSSR count). The second-order valence-corrected chi connectivity index (χ2v) is 10.2. The number of nitrogens with zero attached hydrogens (tertiary/aromatic N) is 2. The Kier molecular flexibility index (Phi) is 7.36. The smallest absolute Gasteiger partial charge is 0.335 e. The van der Waals surface area contributed by atoms with Crippen LogP contribution in [0.15, 0.2) is 83.4 Å². The van der Waals surface area contributed by atoms with E-state index in [2.05, 4.69) is 15.6 Å². The van der Waals surface area contributed by atoms with Crippen molar-refractivity contribution in [2.45, 2.75) is 25.9 Å². The van der Waals surface area contributed by atoms with Crippen molar-refractivity contribution in [3.8, 4) is 11.3 Å². The lowest BCUT2D eigenvalue weighted by Gasteiger charge is -2.26. The van der Waals surface area contributed by atoms with Crippen LogP contribution in [0.25, 0.3) is 11.3 Å². The largest absolute Gasteiger partial charge is 0.478 e. The lowest BCUT2D eigenvalue weighted by atomic mass is 10.0. The molecular formula is C29H25ClN4O4S. The number of amides is 1. The van der Waals surface area contributed by atoms with Crippen LogP contribution in [0.3, 0.4) is 0 Å². The molecular weight excluding hydrogens is 536 g/mol. The Bertz CT molecular complexity index is 1560. The zero-order valence-electron chi connectivity index (χ0n) is 21.1. The van der Waals surface area contributed by atoms with E-state index in [4.69, 9.17) is 28.2 Å². The summed E-state index contributed by atoms with van der Waals surface area (Å²) in [5.74, 6) is -0.215. The van der Waals surface area contributed by atoms with Gasteiger partial charge in [0.2, 0.25) is 5.91 Å². The number of carbonyl (C=O) groups is 2. The maximum absolute atomic E-state index is 12.2. The molecule has 2 unspecified atom stereocenters.